The number of rotatable bonds is 5. The first-order valence-corrected chi connectivity index (χ1v) is 6.76. The van der Waals surface area contributed by atoms with Crippen molar-refractivity contribution in [1.82, 2.24) is 0 Å². The van der Waals surface area contributed by atoms with E-state index in [0.29, 0.717) is 16.1 Å². The average molecular weight is 312 g/mol. The van der Waals surface area contributed by atoms with E-state index in [-0.39, 0.29) is 17.2 Å². The second-order valence-corrected chi connectivity index (χ2v) is 5.20. The fourth-order valence-corrected chi connectivity index (χ4v) is 2.45. The molecule has 1 aromatic carbocycles. The van der Waals surface area contributed by atoms with E-state index in [1.807, 2.05) is 0 Å². The summed E-state index contributed by atoms with van der Waals surface area (Å²) >= 11 is 7.10. The summed E-state index contributed by atoms with van der Waals surface area (Å²) < 4.78 is 5.43. The van der Waals surface area contributed by atoms with Gasteiger partial charge in [0.15, 0.2) is 4.88 Å². The van der Waals surface area contributed by atoms with Crippen molar-refractivity contribution in [3.63, 3.8) is 0 Å². The summed E-state index contributed by atoms with van der Waals surface area (Å²) in [6.07, 6.45) is 0. The first-order chi connectivity index (χ1) is 9.49. The van der Waals surface area contributed by atoms with Crippen molar-refractivity contribution in [3.8, 4) is 5.75 Å². The van der Waals surface area contributed by atoms with Crippen molar-refractivity contribution in [2.24, 2.45) is 5.73 Å². The van der Waals surface area contributed by atoms with Crippen molar-refractivity contribution < 1.29 is 19.4 Å². The fraction of sp³-hybridized carbons (Fsp3) is 0.0769. The molecule has 3 N–H and O–H groups in total. The molecule has 1 aromatic heterocycles. The van der Waals surface area contributed by atoms with E-state index in [0.717, 1.165) is 11.3 Å². The predicted octanol–water partition coefficient (Wildman–Crippen LogP) is 2.78. The van der Waals surface area contributed by atoms with E-state index in [1.54, 1.807) is 23.6 Å². The van der Waals surface area contributed by atoms with Crippen LogP contribution in [-0.4, -0.2) is 17.0 Å². The molecule has 7 heteroatoms. The molecule has 0 saturated carbocycles. The Morgan fingerprint density at radius 3 is 2.70 bits per heavy atom. The molecule has 1 heterocycles. The van der Waals surface area contributed by atoms with E-state index in [9.17, 15) is 9.59 Å². The predicted molar refractivity (Wildman–Crippen MR) is 75.6 cm³/mol. The van der Waals surface area contributed by atoms with Crippen LogP contribution in [0.1, 0.15) is 25.6 Å². The molecule has 5 nitrogen and oxygen atoms in total. The number of carboxylic acid groups (broad SMARTS) is 1. The minimum Gasteiger partial charge on any atom is -0.487 e. The van der Waals surface area contributed by atoms with Crippen molar-refractivity contribution in [2.45, 2.75) is 6.61 Å². The molecule has 2 aromatic rings. The van der Waals surface area contributed by atoms with E-state index >= 15 is 0 Å². The van der Waals surface area contributed by atoms with E-state index in [1.165, 1.54) is 6.07 Å². The van der Waals surface area contributed by atoms with Gasteiger partial charge in [-0.1, -0.05) is 17.7 Å². The number of aromatic carboxylic acids is 1. The molecule has 0 unspecified atom stereocenters. The second kappa shape index (κ2) is 5.94. The maximum atomic E-state index is 11.0. The van der Waals surface area contributed by atoms with E-state index in [4.69, 9.17) is 27.2 Å². The van der Waals surface area contributed by atoms with Gasteiger partial charge in [0.1, 0.15) is 12.4 Å². The van der Waals surface area contributed by atoms with Crippen LogP contribution >= 0.6 is 22.9 Å². The number of carboxylic acids is 1. The van der Waals surface area contributed by atoms with Gasteiger partial charge in [0.2, 0.25) is 5.91 Å². The number of ether oxygens (including phenoxy) is 1. The largest absolute Gasteiger partial charge is 0.487 e. The van der Waals surface area contributed by atoms with Gasteiger partial charge in [-0.3, -0.25) is 4.79 Å². The van der Waals surface area contributed by atoms with E-state index in [2.05, 4.69) is 0 Å². The number of carbonyl (C=O) groups excluding carboxylic acids is 1. The van der Waals surface area contributed by atoms with Crippen molar-refractivity contribution in [3.05, 3.63) is 50.7 Å². The Kier molecular flexibility index (Phi) is 4.26. The monoisotopic (exact) mass is 311 g/mol. The summed E-state index contributed by atoms with van der Waals surface area (Å²) in [6, 6.07) is 6.20. The number of halogens is 1. The zero-order valence-electron chi connectivity index (χ0n) is 10.1. The molecular formula is C13H10ClNO4S. The number of primary amides is 1. The van der Waals surface area contributed by atoms with Crippen LogP contribution in [0.4, 0.5) is 0 Å². The molecule has 0 aliphatic carbocycles. The molecular weight excluding hydrogens is 302 g/mol. The summed E-state index contributed by atoms with van der Waals surface area (Å²) in [5.41, 5.74) is 6.09. The summed E-state index contributed by atoms with van der Waals surface area (Å²) in [4.78, 5) is 22.1. The Bertz CT molecular complexity index is 668. The quantitative estimate of drug-likeness (QED) is 0.888. The first kappa shape index (κ1) is 14.4. The van der Waals surface area contributed by atoms with Crippen LogP contribution in [-0.2, 0) is 6.61 Å². The molecule has 0 bridgehead atoms. The Labute approximate surface area is 123 Å². The number of benzene rings is 1. The molecule has 104 valence electrons. The summed E-state index contributed by atoms with van der Waals surface area (Å²) in [5, 5.41) is 10.9. The summed E-state index contributed by atoms with van der Waals surface area (Å²) in [7, 11) is 0. The molecule has 0 radical (unpaired) electrons. The summed E-state index contributed by atoms with van der Waals surface area (Å²) in [6.45, 7) is 0.106. The molecule has 0 atom stereocenters. The molecule has 2 rings (SSSR count). The van der Waals surface area contributed by atoms with Gasteiger partial charge in [0, 0.05) is 16.1 Å². The highest BCUT2D eigenvalue weighted by molar-refractivity contribution is 7.12. The molecule has 0 saturated heterocycles. The smallest absolute Gasteiger partial charge is 0.349 e. The number of carbonyl (C=O) groups is 2. The SMILES string of the molecule is NC(=O)c1ccc(COc2ccsc2C(=O)O)c(Cl)c1. The van der Waals surface area contributed by atoms with Gasteiger partial charge in [0.25, 0.3) is 0 Å². The second-order valence-electron chi connectivity index (χ2n) is 3.88. The van der Waals surface area contributed by atoms with Gasteiger partial charge in [-0.05, 0) is 23.6 Å². The zero-order chi connectivity index (χ0) is 14.7. The maximum absolute atomic E-state index is 11.0. The lowest BCUT2D eigenvalue weighted by Crippen LogP contribution is -2.11. The number of hydrogen-bond acceptors (Lipinski definition) is 4. The zero-order valence-corrected chi connectivity index (χ0v) is 11.7. The summed E-state index contributed by atoms with van der Waals surface area (Å²) in [5.74, 6) is -1.31. The van der Waals surface area contributed by atoms with Crippen LogP contribution in [0.5, 0.6) is 5.75 Å². The van der Waals surface area contributed by atoms with Gasteiger partial charge in [0.05, 0.1) is 0 Å². The molecule has 0 spiro atoms. The average Bonchev–Trinajstić information content (AvgIpc) is 2.85. The molecule has 0 aliphatic heterocycles. The number of nitrogens with two attached hydrogens (primary N) is 1. The topological polar surface area (TPSA) is 89.6 Å². The minimum atomic E-state index is -1.04. The van der Waals surface area contributed by atoms with Crippen LogP contribution in [0, 0.1) is 0 Å². The number of thiophene rings is 1. The lowest BCUT2D eigenvalue weighted by atomic mass is 10.1. The fourth-order valence-electron chi connectivity index (χ4n) is 1.54. The van der Waals surface area contributed by atoms with Crippen molar-refractivity contribution in [2.75, 3.05) is 0 Å². The molecule has 0 aliphatic rings. The van der Waals surface area contributed by atoms with Gasteiger partial charge < -0.3 is 15.6 Å². The van der Waals surface area contributed by atoms with Crippen molar-refractivity contribution >= 4 is 34.8 Å². The van der Waals surface area contributed by atoms with Crippen LogP contribution < -0.4 is 10.5 Å². The van der Waals surface area contributed by atoms with Gasteiger partial charge >= 0.3 is 5.97 Å². The Hall–Kier alpha value is -2.05. The highest BCUT2D eigenvalue weighted by Gasteiger charge is 2.13. The van der Waals surface area contributed by atoms with Gasteiger partial charge in [-0.15, -0.1) is 11.3 Å². The third-order valence-electron chi connectivity index (χ3n) is 2.54. The first-order valence-electron chi connectivity index (χ1n) is 5.51. The Morgan fingerprint density at radius 2 is 2.10 bits per heavy atom. The van der Waals surface area contributed by atoms with Crippen LogP contribution in [0.25, 0.3) is 0 Å². The van der Waals surface area contributed by atoms with Gasteiger partial charge in [-0.2, -0.15) is 0 Å². The third-order valence-corrected chi connectivity index (χ3v) is 3.78. The third kappa shape index (κ3) is 3.09. The van der Waals surface area contributed by atoms with Crippen molar-refractivity contribution in [1.29, 1.82) is 0 Å². The van der Waals surface area contributed by atoms with Crippen LogP contribution in [0.3, 0.4) is 0 Å². The molecule has 20 heavy (non-hydrogen) atoms. The van der Waals surface area contributed by atoms with Gasteiger partial charge in [-0.25, -0.2) is 4.79 Å². The lowest BCUT2D eigenvalue weighted by Gasteiger charge is -2.08. The minimum absolute atomic E-state index is 0.106. The standard InChI is InChI=1S/C13H10ClNO4S/c14-9-5-7(12(15)16)1-2-8(9)6-19-10-3-4-20-11(10)13(17)18/h1-5H,6H2,(H2,15,16)(H,17,18). The maximum Gasteiger partial charge on any atom is 0.349 e. The highest BCUT2D eigenvalue weighted by atomic mass is 35.5. The lowest BCUT2D eigenvalue weighted by molar-refractivity contribution is 0.0697. The highest BCUT2D eigenvalue weighted by Crippen LogP contribution is 2.27. The molecule has 0 fully saturated rings. The Morgan fingerprint density at radius 1 is 1.35 bits per heavy atom. The number of hydrogen-bond donors (Lipinski definition) is 2. The molecule has 1 amide bonds. The Balaban J connectivity index is 2.13. The van der Waals surface area contributed by atoms with Crippen LogP contribution in [0.2, 0.25) is 5.02 Å². The van der Waals surface area contributed by atoms with E-state index < -0.39 is 11.9 Å². The normalized spacial score (nSPS) is 10.2. The van der Waals surface area contributed by atoms with Crippen LogP contribution in [0.15, 0.2) is 29.6 Å². The number of amides is 1.